The molecule has 0 saturated carbocycles. The van der Waals surface area contributed by atoms with E-state index in [0.717, 1.165) is 12.5 Å². The van der Waals surface area contributed by atoms with E-state index >= 15 is 0 Å². The van der Waals surface area contributed by atoms with Gasteiger partial charge >= 0.3 is 12.3 Å². The summed E-state index contributed by atoms with van der Waals surface area (Å²) < 4.78 is 16.7. The third-order valence-electron chi connectivity index (χ3n) is 0.713. The number of carbonyl (C=O) groups excluding carboxylic acids is 2. The minimum atomic E-state index is -1.03. The molecule has 0 aromatic rings. The van der Waals surface area contributed by atoms with Gasteiger partial charge in [-0.3, -0.25) is 0 Å². The second-order valence-electron chi connectivity index (χ2n) is 1.48. The molecule has 6 heteroatoms. The van der Waals surface area contributed by atoms with Crippen LogP contribution in [0, 0.1) is 0 Å². The number of ether oxygens (including phenoxy) is 4. The minimum absolute atomic E-state index is 0.598. The van der Waals surface area contributed by atoms with E-state index in [1.54, 1.807) is 0 Å². The Kier molecular flexibility index (Phi) is 5.69. The van der Waals surface area contributed by atoms with Crippen molar-refractivity contribution in [2.45, 2.75) is 0 Å². The molecule has 0 rings (SSSR count). The summed E-state index contributed by atoms with van der Waals surface area (Å²) in [6.45, 7) is 5.61. The highest BCUT2D eigenvalue weighted by atomic mass is 16.8. The second-order valence-corrected chi connectivity index (χ2v) is 1.48. The smallest absolute Gasteiger partial charge is 0.404 e. The van der Waals surface area contributed by atoms with Crippen LogP contribution in [0.25, 0.3) is 0 Å². The Bertz CT molecular complexity index is 187. The Morgan fingerprint density at radius 1 is 1.00 bits per heavy atom. The molecule has 0 aliphatic rings. The van der Waals surface area contributed by atoms with E-state index in [9.17, 15) is 9.59 Å². The van der Waals surface area contributed by atoms with Crippen molar-refractivity contribution < 1.29 is 28.5 Å². The van der Waals surface area contributed by atoms with Crippen molar-refractivity contribution in [3.05, 3.63) is 25.7 Å². The largest absolute Gasteiger partial charge is 0.516 e. The quantitative estimate of drug-likeness (QED) is 0.378. The van der Waals surface area contributed by atoms with Gasteiger partial charge in [0.15, 0.2) is 0 Å². The standard InChI is InChI=1S/C7H8O6/c1-3-10-6(8)12-5-13-7(9)11-4-2/h3-4H,1-2,5H2. The van der Waals surface area contributed by atoms with E-state index in [2.05, 4.69) is 32.1 Å². The Morgan fingerprint density at radius 3 is 1.69 bits per heavy atom. The van der Waals surface area contributed by atoms with Gasteiger partial charge in [-0.1, -0.05) is 13.2 Å². The van der Waals surface area contributed by atoms with Crippen LogP contribution in [0.5, 0.6) is 0 Å². The maximum atomic E-state index is 10.4. The molecule has 0 aromatic carbocycles. The van der Waals surface area contributed by atoms with Gasteiger partial charge in [0.05, 0.1) is 12.5 Å². The van der Waals surface area contributed by atoms with Crippen LogP contribution in [0.2, 0.25) is 0 Å². The number of carbonyl (C=O) groups is 2. The molecular weight excluding hydrogens is 180 g/mol. The Labute approximate surface area is 74.3 Å². The van der Waals surface area contributed by atoms with E-state index in [1.165, 1.54) is 0 Å². The molecule has 0 radical (unpaired) electrons. The summed E-state index contributed by atoms with van der Waals surface area (Å²) in [5, 5.41) is 0. The Hall–Kier alpha value is -1.98. The third-order valence-corrected chi connectivity index (χ3v) is 0.713. The maximum Gasteiger partial charge on any atom is 0.516 e. The number of hydrogen-bond acceptors (Lipinski definition) is 6. The minimum Gasteiger partial charge on any atom is -0.404 e. The first-order valence-electron chi connectivity index (χ1n) is 3.09. The third kappa shape index (κ3) is 6.42. The summed E-state index contributed by atoms with van der Waals surface area (Å²) in [6, 6.07) is 0. The van der Waals surface area contributed by atoms with Gasteiger partial charge in [0.25, 0.3) is 0 Å². The van der Waals surface area contributed by atoms with Crippen molar-refractivity contribution in [3.63, 3.8) is 0 Å². The van der Waals surface area contributed by atoms with Crippen LogP contribution < -0.4 is 0 Å². The average molecular weight is 188 g/mol. The fraction of sp³-hybridized carbons (Fsp3) is 0.143. The van der Waals surface area contributed by atoms with Crippen LogP contribution in [0.3, 0.4) is 0 Å². The normalized spacial score (nSPS) is 8.00. The summed E-state index contributed by atoms with van der Waals surface area (Å²) in [7, 11) is 0. The number of hydrogen-bond donors (Lipinski definition) is 0. The molecule has 0 N–H and O–H groups in total. The molecule has 0 aromatic heterocycles. The van der Waals surface area contributed by atoms with Crippen LogP contribution >= 0.6 is 0 Å². The molecule has 0 amide bonds. The predicted octanol–water partition coefficient (Wildman–Crippen LogP) is 1.54. The summed E-state index contributed by atoms with van der Waals surface area (Å²) in [5.41, 5.74) is 0. The van der Waals surface area contributed by atoms with Crippen LogP contribution in [0.15, 0.2) is 25.7 Å². The van der Waals surface area contributed by atoms with E-state index < -0.39 is 19.1 Å². The van der Waals surface area contributed by atoms with E-state index in [0.29, 0.717) is 0 Å². The Balaban J connectivity index is 3.43. The van der Waals surface area contributed by atoms with Gasteiger partial charge in [-0.2, -0.15) is 0 Å². The van der Waals surface area contributed by atoms with Gasteiger partial charge in [0.1, 0.15) is 0 Å². The molecule has 0 atom stereocenters. The summed E-state index contributed by atoms with van der Waals surface area (Å²) in [4.78, 5) is 20.8. The molecule has 0 bridgehead atoms. The number of rotatable bonds is 4. The zero-order valence-corrected chi connectivity index (χ0v) is 6.73. The van der Waals surface area contributed by atoms with Crippen molar-refractivity contribution in [1.29, 1.82) is 0 Å². The van der Waals surface area contributed by atoms with Gasteiger partial charge in [-0.25, -0.2) is 9.59 Å². The molecule has 13 heavy (non-hydrogen) atoms. The van der Waals surface area contributed by atoms with Gasteiger partial charge in [-0.05, 0) is 0 Å². The first kappa shape index (κ1) is 11.0. The van der Waals surface area contributed by atoms with E-state index in [4.69, 9.17) is 0 Å². The van der Waals surface area contributed by atoms with Crippen LogP contribution in [0.4, 0.5) is 9.59 Å². The van der Waals surface area contributed by atoms with Crippen LogP contribution in [0.1, 0.15) is 0 Å². The zero-order chi connectivity index (χ0) is 10.1. The lowest BCUT2D eigenvalue weighted by Gasteiger charge is -2.02. The summed E-state index contributed by atoms with van der Waals surface area (Å²) >= 11 is 0. The van der Waals surface area contributed by atoms with Gasteiger partial charge in [-0.15, -0.1) is 0 Å². The highest BCUT2D eigenvalue weighted by Crippen LogP contribution is 1.89. The molecule has 0 heterocycles. The molecule has 0 aliphatic heterocycles. The molecule has 0 fully saturated rings. The fourth-order valence-corrected chi connectivity index (χ4v) is 0.330. The SMILES string of the molecule is C=COC(=O)OCOC(=O)OC=C. The topological polar surface area (TPSA) is 71.1 Å². The molecule has 0 aliphatic carbocycles. The van der Waals surface area contributed by atoms with Crippen LogP contribution in [-0.2, 0) is 18.9 Å². The van der Waals surface area contributed by atoms with Crippen molar-refractivity contribution in [1.82, 2.24) is 0 Å². The lowest BCUT2D eigenvalue weighted by Crippen LogP contribution is -2.11. The highest BCUT2D eigenvalue weighted by Gasteiger charge is 2.04. The molecular formula is C7H8O6. The van der Waals surface area contributed by atoms with E-state index in [1.807, 2.05) is 0 Å². The average Bonchev–Trinajstić information content (AvgIpc) is 2.05. The molecule has 72 valence electrons. The molecule has 0 saturated heterocycles. The van der Waals surface area contributed by atoms with Crippen molar-refractivity contribution in [2.75, 3.05) is 6.79 Å². The summed E-state index contributed by atoms with van der Waals surface area (Å²) in [6.07, 6.45) is -0.294. The monoisotopic (exact) mass is 188 g/mol. The highest BCUT2D eigenvalue weighted by molar-refractivity contribution is 5.62. The molecule has 6 nitrogen and oxygen atoms in total. The van der Waals surface area contributed by atoms with Crippen molar-refractivity contribution in [2.24, 2.45) is 0 Å². The van der Waals surface area contributed by atoms with Gasteiger partial charge in [0, 0.05) is 0 Å². The van der Waals surface area contributed by atoms with Crippen molar-refractivity contribution >= 4 is 12.3 Å². The van der Waals surface area contributed by atoms with Gasteiger partial charge < -0.3 is 18.9 Å². The zero-order valence-electron chi connectivity index (χ0n) is 6.73. The first-order chi connectivity index (χ1) is 6.20. The lowest BCUT2D eigenvalue weighted by molar-refractivity contribution is -0.0204. The van der Waals surface area contributed by atoms with E-state index in [-0.39, 0.29) is 0 Å². The Morgan fingerprint density at radius 2 is 1.38 bits per heavy atom. The van der Waals surface area contributed by atoms with Crippen LogP contribution in [-0.4, -0.2) is 19.1 Å². The lowest BCUT2D eigenvalue weighted by atomic mass is 11.1. The summed E-state index contributed by atoms with van der Waals surface area (Å²) in [5.74, 6) is 0. The maximum absolute atomic E-state index is 10.4. The van der Waals surface area contributed by atoms with Crippen molar-refractivity contribution in [3.8, 4) is 0 Å². The fourth-order valence-electron chi connectivity index (χ4n) is 0.330. The molecule has 0 unspecified atom stereocenters. The second kappa shape index (κ2) is 6.71. The predicted molar refractivity (Wildman–Crippen MR) is 40.4 cm³/mol. The molecule has 0 spiro atoms. The first-order valence-corrected chi connectivity index (χ1v) is 3.09. The van der Waals surface area contributed by atoms with Gasteiger partial charge in [0.2, 0.25) is 6.79 Å².